The summed E-state index contributed by atoms with van der Waals surface area (Å²) in [4.78, 5) is 6.67. The number of pyridine rings is 1. The minimum absolute atomic E-state index is 0.727. The van der Waals surface area contributed by atoms with E-state index in [4.69, 9.17) is 4.74 Å². The van der Waals surface area contributed by atoms with E-state index >= 15 is 0 Å². The Morgan fingerprint density at radius 3 is 2.74 bits per heavy atom. The number of nitrogens with one attached hydrogen (secondary N) is 1. The van der Waals surface area contributed by atoms with E-state index in [-0.39, 0.29) is 0 Å². The highest BCUT2D eigenvalue weighted by molar-refractivity contribution is 7.11. The summed E-state index contributed by atoms with van der Waals surface area (Å²) >= 11 is 1.82. The van der Waals surface area contributed by atoms with Gasteiger partial charge in [-0.15, -0.1) is 11.3 Å². The van der Waals surface area contributed by atoms with Crippen molar-refractivity contribution in [3.8, 4) is 0 Å². The van der Waals surface area contributed by atoms with E-state index < -0.39 is 0 Å². The Bertz CT molecular complexity index is 470. The third kappa shape index (κ3) is 5.11. The molecule has 0 atom stereocenters. The van der Waals surface area contributed by atoms with Crippen molar-refractivity contribution >= 4 is 11.3 Å². The number of aromatic nitrogens is 1. The molecule has 0 radical (unpaired) electrons. The highest BCUT2D eigenvalue weighted by atomic mass is 32.1. The van der Waals surface area contributed by atoms with E-state index in [1.165, 1.54) is 15.3 Å². The smallest absolute Gasteiger partial charge is 0.0809 e. The Morgan fingerprint density at radius 1 is 1.16 bits per heavy atom. The first kappa shape index (κ1) is 14.2. The summed E-state index contributed by atoms with van der Waals surface area (Å²) < 4.78 is 5.71. The molecule has 102 valence electrons. The number of hydrogen-bond donors (Lipinski definition) is 1. The number of nitrogens with zero attached hydrogens (tertiary/aromatic N) is 1. The van der Waals surface area contributed by atoms with Crippen LogP contribution in [0.4, 0.5) is 0 Å². The predicted octanol–water partition coefficient (Wildman–Crippen LogP) is 3.01. The van der Waals surface area contributed by atoms with Gasteiger partial charge < -0.3 is 10.1 Å². The molecule has 0 spiro atoms. The maximum absolute atomic E-state index is 5.71. The maximum atomic E-state index is 5.71. The zero-order chi connectivity index (χ0) is 13.3. The molecule has 4 heteroatoms. The molecule has 2 heterocycles. The van der Waals surface area contributed by atoms with Crippen LogP contribution >= 0.6 is 11.3 Å². The van der Waals surface area contributed by atoms with Gasteiger partial charge in [-0.2, -0.15) is 0 Å². The Labute approximate surface area is 118 Å². The number of hydrogen-bond acceptors (Lipinski definition) is 4. The second-order valence-electron chi connectivity index (χ2n) is 4.41. The standard InChI is InChI=1S/C15H20N2OS/c1-16-11-14-4-5-15(19-14)12-18-10-2-3-13-6-8-17-9-7-13/h4-9,16H,2-3,10-12H2,1H3. The topological polar surface area (TPSA) is 34.1 Å². The summed E-state index contributed by atoms with van der Waals surface area (Å²) in [6, 6.07) is 8.43. The van der Waals surface area contributed by atoms with Gasteiger partial charge in [0.2, 0.25) is 0 Å². The molecular weight excluding hydrogens is 256 g/mol. The fourth-order valence-corrected chi connectivity index (χ4v) is 2.84. The second-order valence-corrected chi connectivity index (χ2v) is 5.66. The molecule has 0 saturated carbocycles. The third-order valence-electron chi connectivity index (χ3n) is 2.82. The van der Waals surface area contributed by atoms with Crippen LogP contribution in [0.2, 0.25) is 0 Å². The van der Waals surface area contributed by atoms with E-state index in [0.29, 0.717) is 0 Å². The van der Waals surface area contributed by atoms with Crippen LogP contribution in [0.1, 0.15) is 21.7 Å². The maximum Gasteiger partial charge on any atom is 0.0809 e. The van der Waals surface area contributed by atoms with Crippen LogP contribution in [0.5, 0.6) is 0 Å². The molecule has 0 bridgehead atoms. The van der Waals surface area contributed by atoms with E-state index in [9.17, 15) is 0 Å². The Morgan fingerprint density at radius 2 is 1.95 bits per heavy atom. The minimum atomic E-state index is 0.727. The van der Waals surface area contributed by atoms with E-state index in [2.05, 4.69) is 34.6 Å². The lowest BCUT2D eigenvalue weighted by molar-refractivity contribution is 0.121. The van der Waals surface area contributed by atoms with Gasteiger partial charge in [0.25, 0.3) is 0 Å². The van der Waals surface area contributed by atoms with Crippen molar-refractivity contribution < 1.29 is 4.74 Å². The molecule has 0 amide bonds. The Balaban J connectivity index is 1.61. The molecule has 2 rings (SSSR count). The van der Waals surface area contributed by atoms with Gasteiger partial charge in [-0.05, 0) is 49.7 Å². The molecule has 1 N–H and O–H groups in total. The summed E-state index contributed by atoms with van der Waals surface area (Å²) in [5.41, 5.74) is 1.33. The molecule has 0 aliphatic carbocycles. The van der Waals surface area contributed by atoms with Crippen molar-refractivity contribution in [2.24, 2.45) is 0 Å². The summed E-state index contributed by atoms with van der Waals surface area (Å²) in [6.07, 6.45) is 5.78. The number of ether oxygens (including phenoxy) is 1. The van der Waals surface area contributed by atoms with Crippen molar-refractivity contribution in [3.05, 3.63) is 52.0 Å². The van der Waals surface area contributed by atoms with Gasteiger partial charge in [-0.1, -0.05) is 0 Å². The lowest BCUT2D eigenvalue weighted by Crippen LogP contribution is -2.02. The van der Waals surface area contributed by atoms with Crippen LogP contribution < -0.4 is 5.32 Å². The molecular formula is C15H20N2OS. The SMILES string of the molecule is CNCc1ccc(COCCCc2ccncc2)s1. The molecule has 2 aromatic heterocycles. The van der Waals surface area contributed by atoms with E-state index in [1.807, 2.05) is 30.8 Å². The largest absolute Gasteiger partial charge is 0.376 e. The molecule has 0 fully saturated rings. The van der Waals surface area contributed by atoms with E-state index in [0.717, 1.165) is 32.6 Å². The predicted molar refractivity (Wildman–Crippen MR) is 79.3 cm³/mol. The molecule has 0 unspecified atom stereocenters. The highest BCUT2D eigenvalue weighted by Crippen LogP contribution is 2.17. The monoisotopic (exact) mass is 276 g/mol. The molecule has 19 heavy (non-hydrogen) atoms. The molecule has 0 aromatic carbocycles. The summed E-state index contributed by atoms with van der Waals surface area (Å²) in [6.45, 7) is 2.47. The number of aryl methyl sites for hydroxylation is 1. The second kappa shape index (κ2) is 8.04. The average Bonchev–Trinajstić information content (AvgIpc) is 2.88. The fraction of sp³-hybridized carbons (Fsp3) is 0.400. The van der Waals surface area contributed by atoms with Crippen molar-refractivity contribution in [2.75, 3.05) is 13.7 Å². The highest BCUT2D eigenvalue weighted by Gasteiger charge is 1.99. The van der Waals surface area contributed by atoms with Gasteiger partial charge in [-0.3, -0.25) is 4.98 Å². The number of thiophene rings is 1. The van der Waals surface area contributed by atoms with Gasteiger partial charge >= 0.3 is 0 Å². The zero-order valence-electron chi connectivity index (χ0n) is 11.3. The van der Waals surface area contributed by atoms with Crippen molar-refractivity contribution in [3.63, 3.8) is 0 Å². The average molecular weight is 276 g/mol. The molecule has 0 aliphatic heterocycles. The van der Waals surface area contributed by atoms with Crippen molar-refractivity contribution in [1.29, 1.82) is 0 Å². The number of rotatable bonds is 8. The Hall–Kier alpha value is -1.23. The van der Waals surface area contributed by atoms with Crippen molar-refractivity contribution in [2.45, 2.75) is 26.0 Å². The summed E-state index contributed by atoms with van der Waals surface area (Å²) in [5, 5.41) is 3.16. The van der Waals surface area contributed by atoms with Gasteiger partial charge in [-0.25, -0.2) is 0 Å². The first-order valence-corrected chi connectivity index (χ1v) is 7.39. The third-order valence-corrected chi connectivity index (χ3v) is 3.87. The van der Waals surface area contributed by atoms with Crippen molar-refractivity contribution in [1.82, 2.24) is 10.3 Å². The summed E-state index contributed by atoms with van der Waals surface area (Å²) in [7, 11) is 1.97. The van der Waals surface area contributed by atoms with Gasteiger partial charge in [0.15, 0.2) is 0 Å². The molecule has 0 aliphatic rings. The van der Waals surface area contributed by atoms with Crippen LogP contribution in [0, 0.1) is 0 Å². The van der Waals surface area contributed by atoms with Crippen LogP contribution in [-0.4, -0.2) is 18.6 Å². The molecule has 3 nitrogen and oxygen atoms in total. The molecule has 2 aromatic rings. The quantitative estimate of drug-likeness (QED) is 0.753. The van der Waals surface area contributed by atoms with E-state index in [1.54, 1.807) is 0 Å². The Kier molecular flexibility index (Phi) is 6.01. The first-order chi connectivity index (χ1) is 9.38. The first-order valence-electron chi connectivity index (χ1n) is 6.57. The van der Waals surface area contributed by atoms with Gasteiger partial charge in [0.1, 0.15) is 0 Å². The normalized spacial score (nSPS) is 10.8. The van der Waals surface area contributed by atoms with Crippen LogP contribution in [0.15, 0.2) is 36.7 Å². The van der Waals surface area contributed by atoms with Crippen LogP contribution in [-0.2, 0) is 24.3 Å². The van der Waals surface area contributed by atoms with Crippen LogP contribution in [0.3, 0.4) is 0 Å². The zero-order valence-corrected chi connectivity index (χ0v) is 12.1. The summed E-state index contributed by atoms with van der Waals surface area (Å²) in [5.74, 6) is 0. The minimum Gasteiger partial charge on any atom is -0.376 e. The fourth-order valence-electron chi connectivity index (χ4n) is 1.87. The lowest BCUT2D eigenvalue weighted by atomic mass is 10.1. The lowest BCUT2D eigenvalue weighted by Gasteiger charge is -2.03. The molecule has 0 saturated heterocycles. The van der Waals surface area contributed by atoms with Crippen LogP contribution in [0.25, 0.3) is 0 Å². The van der Waals surface area contributed by atoms with Gasteiger partial charge in [0, 0.05) is 35.3 Å². The van der Waals surface area contributed by atoms with Gasteiger partial charge in [0.05, 0.1) is 6.61 Å².